The second-order valence-electron chi connectivity index (χ2n) is 6.62. The van der Waals surface area contributed by atoms with Crippen LogP contribution < -0.4 is 5.73 Å². The number of aliphatic imine (C=N–C) groups is 1. The van der Waals surface area contributed by atoms with Crippen LogP contribution in [0.25, 0.3) is 0 Å². The van der Waals surface area contributed by atoms with Gasteiger partial charge in [0, 0.05) is 17.7 Å². The number of ether oxygens (including phenoxy) is 1. The number of nitrogens with zero attached hydrogens (tertiary/aromatic N) is 2. The van der Waals surface area contributed by atoms with E-state index in [1.807, 2.05) is 18.2 Å². The van der Waals surface area contributed by atoms with Crippen LogP contribution in [0, 0.1) is 0 Å². The molecule has 0 fully saturated rings. The van der Waals surface area contributed by atoms with E-state index in [9.17, 15) is 4.79 Å². The van der Waals surface area contributed by atoms with Gasteiger partial charge >= 0.3 is 6.09 Å². The summed E-state index contributed by atoms with van der Waals surface area (Å²) in [5.74, 6) is 0.129. The third-order valence-corrected chi connectivity index (χ3v) is 3.69. The van der Waals surface area contributed by atoms with Crippen molar-refractivity contribution in [2.75, 3.05) is 0 Å². The molecule has 1 atom stereocenters. The molecule has 1 aromatic rings. The zero-order valence-electron chi connectivity index (χ0n) is 13.7. The number of carbonyl (C=O) groups excluding carboxylic acids is 1. The lowest BCUT2D eigenvalue weighted by atomic mass is 9.81. The molecule has 23 heavy (non-hydrogen) atoms. The molecule has 0 heterocycles. The fourth-order valence-electron chi connectivity index (χ4n) is 2.77. The topological polar surface area (TPSA) is 97.3 Å². The van der Waals surface area contributed by atoms with E-state index in [0.717, 1.165) is 36.0 Å². The molecule has 0 bridgehead atoms. The van der Waals surface area contributed by atoms with E-state index in [1.54, 1.807) is 27.0 Å². The van der Waals surface area contributed by atoms with Crippen molar-refractivity contribution in [1.82, 2.24) is 0 Å². The molecule has 6 nitrogen and oxygen atoms in total. The highest BCUT2D eigenvalue weighted by Gasteiger charge is 2.23. The number of amidine groups is 1. The molecule has 1 aliphatic rings. The van der Waals surface area contributed by atoms with Crippen molar-refractivity contribution in [1.29, 1.82) is 0 Å². The molecular formula is C17H23N3O3. The Kier molecular flexibility index (Phi) is 5.03. The van der Waals surface area contributed by atoms with E-state index < -0.39 is 11.7 Å². The SMILES string of the molecule is CC(C)(C)OC(=O)/N=C/C1CCCc2c(/C(N)=N\O)cccc21. The van der Waals surface area contributed by atoms with E-state index >= 15 is 0 Å². The summed E-state index contributed by atoms with van der Waals surface area (Å²) in [5.41, 5.74) is 8.04. The highest BCUT2D eigenvalue weighted by molar-refractivity contribution is 5.99. The molecule has 1 aliphatic carbocycles. The highest BCUT2D eigenvalue weighted by atomic mass is 16.6. The average Bonchev–Trinajstić information content (AvgIpc) is 2.49. The van der Waals surface area contributed by atoms with Gasteiger partial charge in [-0.3, -0.25) is 0 Å². The van der Waals surface area contributed by atoms with Crippen LogP contribution in [0.5, 0.6) is 0 Å². The summed E-state index contributed by atoms with van der Waals surface area (Å²) >= 11 is 0. The molecule has 1 aromatic carbocycles. The Morgan fingerprint density at radius 1 is 1.43 bits per heavy atom. The van der Waals surface area contributed by atoms with Crippen LogP contribution in [0.4, 0.5) is 4.79 Å². The summed E-state index contributed by atoms with van der Waals surface area (Å²) in [6.07, 6.45) is 3.77. The first kappa shape index (κ1) is 17.0. The lowest BCUT2D eigenvalue weighted by molar-refractivity contribution is 0.0604. The van der Waals surface area contributed by atoms with Crippen LogP contribution in [0.1, 0.15) is 56.2 Å². The summed E-state index contributed by atoms with van der Waals surface area (Å²) in [4.78, 5) is 15.7. The van der Waals surface area contributed by atoms with Gasteiger partial charge in [-0.15, -0.1) is 0 Å². The van der Waals surface area contributed by atoms with E-state index in [-0.39, 0.29) is 11.8 Å². The normalized spacial score (nSPS) is 18.7. The number of benzene rings is 1. The number of fused-ring (bicyclic) bond motifs is 1. The first-order valence-electron chi connectivity index (χ1n) is 7.68. The Morgan fingerprint density at radius 3 is 2.83 bits per heavy atom. The minimum Gasteiger partial charge on any atom is -0.442 e. The van der Waals surface area contributed by atoms with E-state index in [2.05, 4.69) is 10.1 Å². The lowest BCUT2D eigenvalue weighted by Crippen LogP contribution is -2.23. The molecule has 6 heteroatoms. The van der Waals surface area contributed by atoms with Gasteiger partial charge in [-0.1, -0.05) is 23.4 Å². The first-order chi connectivity index (χ1) is 10.8. The number of nitrogens with two attached hydrogens (primary N) is 1. The average molecular weight is 317 g/mol. The Bertz CT molecular complexity index is 645. The van der Waals surface area contributed by atoms with Gasteiger partial charge in [0.25, 0.3) is 0 Å². The van der Waals surface area contributed by atoms with E-state index in [4.69, 9.17) is 15.7 Å². The number of hydrogen-bond acceptors (Lipinski definition) is 4. The maximum Gasteiger partial charge on any atom is 0.433 e. The van der Waals surface area contributed by atoms with Crippen molar-refractivity contribution < 1.29 is 14.7 Å². The molecule has 3 N–H and O–H groups in total. The van der Waals surface area contributed by atoms with Gasteiger partial charge in [0.15, 0.2) is 5.84 Å². The molecule has 0 saturated carbocycles. The molecule has 0 radical (unpaired) electrons. The van der Waals surface area contributed by atoms with Gasteiger partial charge in [0.05, 0.1) is 0 Å². The third kappa shape index (κ3) is 4.31. The lowest BCUT2D eigenvalue weighted by Gasteiger charge is -2.24. The van der Waals surface area contributed by atoms with Crippen molar-refractivity contribution in [3.05, 3.63) is 34.9 Å². The zero-order valence-corrected chi connectivity index (χ0v) is 13.7. The predicted octanol–water partition coefficient (Wildman–Crippen LogP) is 3.21. The smallest absolute Gasteiger partial charge is 0.433 e. The monoisotopic (exact) mass is 317 g/mol. The molecule has 0 aliphatic heterocycles. The van der Waals surface area contributed by atoms with Gasteiger partial charge < -0.3 is 15.7 Å². The predicted molar refractivity (Wildman–Crippen MR) is 89.4 cm³/mol. The summed E-state index contributed by atoms with van der Waals surface area (Å²) in [6.45, 7) is 5.42. The van der Waals surface area contributed by atoms with Crippen molar-refractivity contribution in [2.24, 2.45) is 15.9 Å². The van der Waals surface area contributed by atoms with Gasteiger partial charge in [-0.05, 0) is 51.2 Å². The fourth-order valence-corrected chi connectivity index (χ4v) is 2.77. The summed E-state index contributed by atoms with van der Waals surface area (Å²) in [7, 11) is 0. The van der Waals surface area contributed by atoms with Crippen molar-refractivity contribution in [2.45, 2.75) is 51.6 Å². The van der Waals surface area contributed by atoms with Crippen LogP contribution >= 0.6 is 0 Å². The molecule has 2 rings (SSSR count). The maximum absolute atomic E-state index is 11.7. The van der Waals surface area contributed by atoms with Crippen LogP contribution in [0.15, 0.2) is 28.3 Å². The molecule has 0 spiro atoms. The van der Waals surface area contributed by atoms with E-state index in [1.165, 1.54) is 0 Å². The Balaban J connectivity index is 2.24. The minimum absolute atomic E-state index is 0.0257. The highest BCUT2D eigenvalue weighted by Crippen LogP contribution is 2.32. The summed E-state index contributed by atoms with van der Waals surface area (Å²) in [5, 5.41) is 12.0. The van der Waals surface area contributed by atoms with Crippen LogP contribution in [-0.2, 0) is 11.2 Å². The molecule has 0 aromatic heterocycles. The number of carbonyl (C=O) groups is 1. The quantitative estimate of drug-likeness (QED) is 0.379. The van der Waals surface area contributed by atoms with E-state index in [0.29, 0.717) is 0 Å². The van der Waals surface area contributed by atoms with Crippen molar-refractivity contribution >= 4 is 18.1 Å². The number of oxime groups is 1. The van der Waals surface area contributed by atoms with Crippen LogP contribution in [-0.4, -0.2) is 29.0 Å². The Labute approximate surface area is 136 Å². The van der Waals surface area contributed by atoms with Gasteiger partial charge in [0.1, 0.15) is 5.60 Å². The molecular weight excluding hydrogens is 294 g/mol. The van der Waals surface area contributed by atoms with Crippen molar-refractivity contribution in [3.63, 3.8) is 0 Å². The molecule has 0 saturated heterocycles. The number of hydrogen-bond donors (Lipinski definition) is 2. The first-order valence-corrected chi connectivity index (χ1v) is 7.68. The standard InChI is InChI=1S/C17H23N3O3/c1-17(2,3)23-16(21)19-10-11-6-4-8-13-12(11)7-5-9-14(13)15(18)20-22/h5,7,9-11,22H,4,6,8H2,1-3H3,(H2,18,20)/b19-10+. The largest absolute Gasteiger partial charge is 0.442 e. The second kappa shape index (κ2) is 6.81. The number of amides is 1. The Morgan fingerprint density at radius 2 is 2.17 bits per heavy atom. The zero-order chi connectivity index (χ0) is 17.0. The minimum atomic E-state index is -0.586. The van der Waals surface area contributed by atoms with Gasteiger partial charge in [-0.25, -0.2) is 4.79 Å². The molecule has 124 valence electrons. The van der Waals surface area contributed by atoms with Crippen LogP contribution in [0.2, 0.25) is 0 Å². The van der Waals surface area contributed by atoms with Gasteiger partial charge in [-0.2, -0.15) is 4.99 Å². The molecule has 1 amide bonds. The Hall–Kier alpha value is -2.37. The fraction of sp³-hybridized carbons (Fsp3) is 0.471. The number of rotatable bonds is 2. The molecule has 1 unspecified atom stereocenters. The van der Waals surface area contributed by atoms with Crippen molar-refractivity contribution in [3.8, 4) is 0 Å². The summed E-state index contributed by atoms with van der Waals surface area (Å²) in [6, 6.07) is 5.70. The second-order valence-corrected chi connectivity index (χ2v) is 6.62. The van der Waals surface area contributed by atoms with Crippen LogP contribution in [0.3, 0.4) is 0 Å². The maximum atomic E-state index is 11.7. The third-order valence-electron chi connectivity index (χ3n) is 3.69. The summed E-state index contributed by atoms with van der Waals surface area (Å²) < 4.78 is 5.19. The van der Waals surface area contributed by atoms with Gasteiger partial charge in [0.2, 0.25) is 0 Å².